The highest BCUT2D eigenvalue weighted by Gasteiger charge is 2.07. The number of carbonyl (C=O) groups excluding carboxylic acids is 1. The Kier molecular flexibility index (Phi) is 7.35. The summed E-state index contributed by atoms with van der Waals surface area (Å²) >= 11 is 0. The summed E-state index contributed by atoms with van der Waals surface area (Å²) in [6.45, 7) is 3.43. The lowest BCUT2D eigenvalue weighted by molar-refractivity contribution is -0.136. The van der Waals surface area contributed by atoms with Gasteiger partial charge in [0, 0.05) is 19.6 Å². The molecule has 0 atom stereocenters. The molecule has 110 valence electrons. The molecule has 1 aromatic rings. The molecule has 0 fully saturated rings. The van der Waals surface area contributed by atoms with E-state index in [-0.39, 0.29) is 12.3 Å². The second kappa shape index (κ2) is 9.09. The first-order chi connectivity index (χ1) is 9.63. The van der Waals surface area contributed by atoms with Gasteiger partial charge in [-0.15, -0.1) is 0 Å². The quantitative estimate of drug-likeness (QED) is 0.675. The number of aliphatic carboxylic acids is 1. The normalized spacial score (nSPS) is 10.2. The fraction of sp³-hybridized carbons (Fsp3) is 0.467. The summed E-state index contributed by atoms with van der Waals surface area (Å²) in [5.74, 6) is -0.969. The zero-order valence-corrected chi connectivity index (χ0v) is 11.7. The van der Waals surface area contributed by atoms with Gasteiger partial charge in [0.05, 0.1) is 13.0 Å². The Balaban J connectivity index is 2.41. The van der Waals surface area contributed by atoms with E-state index in [1.165, 1.54) is 0 Å². The van der Waals surface area contributed by atoms with Gasteiger partial charge in [-0.2, -0.15) is 0 Å². The van der Waals surface area contributed by atoms with E-state index in [0.29, 0.717) is 26.2 Å². The van der Waals surface area contributed by atoms with E-state index in [9.17, 15) is 9.59 Å². The van der Waals surface area contributed by atoms with Crippen LogP contribution in [0.1, 0.15) is 30.9 Å². The smallest absolute Gasteiger partial charge is 0.307 e. The number of benzene rings is 1. The van der Waals surface area contributed by atoms with E-state index < -0.39 is 5.97 Å². The van der Waals surface area contributed by atoms with Gasteiger partial charge in [0.15, 0.2) is 0 Å². The van der Waals surface area contributed by atoms with Crippen LogP contribution in [0.4, 0.5) is 0 Å². The first-order valence-electron chi connectivity index (χ1n) is 6.76. The van der Waals surface area contributed by atoms with Gasteiger partial charge in [0.2, 0.25) is 5.91 Å². The van der Waals surface area contributed by atoms with Gasteiger partial charge in [0.25, 0.3) is 0 Å². The minimum atomic E-state index is -0.878. The van der Waals surface area contributed by atoms with E-state index in [1.807, 2.05) is 19.1 Å². The van der Waals surface area contributed by atoms with Gasteiger partial charge >= 0.3 is 5.97 Å². The third-order valence-corrected chi connectivity index (χ3v) is 2.76. The van der Waals surface area contributed by atoms with Crippen LogP contribution in [0.3, 0.4) is 0 Å². The summed E-state index contributed by atoms with van der Waals surface area (Å²) in [7, 11) is 0. The highest BCUT2D eigenvalue weighted by Crippen LogP contribution is 2.09. The summed E-state index contributed by atoms with van der Waals surface area (Å²) < 4.78 is 5.24. The minimum absolute atomic E-state index is 0.0361. The average molecular weight is 279 g/mol. The van der Waals surface area contributed by atoms with Crippen LogP contribution in [0.15, 0.2) is 24.3 Å². The Labute approximate surface area is 118 Å². The molecule has 1 rings (SSSR count). The monoisotopic (exact) mass is 279 g/mol. The number of carboxylic acid groups (broad SMARTS) is 1. The van der Waals surface area contributed by atoms with Gasteiger partial charge in [-0.25, -0.2) is 0 Å². The molecule has 0 aliphatic heterocycles. The molecule has 0 heterocycles. The van der Waals surface area contributed by atoms with Gasteiger partial charge < -0.3 is 15.2 Å². The Morgan fingerprint density at radius 1 is 1.20 bits per heavy atom. The second-order valence-corrected chi connectivity index (χ2v) is 4.48. The van der Waals surface area contributed by atoms with Crippen LogP contribution in [0, 0.1) is 0 Å². The Bertz CT molecular complexity index is 445. The molecule has 5 heteroatoms. The van der Waals surface area contributed by atoms with E-state index in [1.54, 1.807) is 12.1 Å². The maximum atomic E-state index is 11.6. The predicted molar refractivity (Wildman–Crippen MR) is 75.4 cm³/mol. The SMILES string of the molecule is CCCOCCC(=O)NCc1ccccc1CC(=O)O. The second-order valence-electron chi connectivity index (χ2n) is 4.48. The predicted octanol–water partition coefficient (Wildman–Crippen LogP) is 1.75. The van der Waals surface area contributed by atoms with Crippen molar-refractivity contribution < 1.29 is 19.4 Å². The summed E-state index contributed by atoms with van der Waals surface area (Å²) in [5, 5.41) is 11.6. The highest BCUT2D eigenvalue weighted by molar-refractivity contribution is 5.76. The van der Waals surface area contributed by atoms with Crippen LogP contribution >= 0.6 is 0 Å². The van der Waals surface area contributed by atoms with Crippen LogP contribution < -0.4 is 5.32 Å². The standard InChI is InChI=1S/C15H21NO4/c1-2-8-20-9-7-14(17)16-11-13-6-4-3-5-12(13)10-15(18)19/h3-6H,2,7-11H2,1H3,(H,16,17)(H,18,19). The molecule has 1 amide bonds. The van der Waals surface area contributed by atoms with Crippen molar-refractivity contribution >= 4 is 11.9 Å². The number of carboxylic acids is 1. The zero-order valence-electron chi connectivity index (χ0n) is 11.7. The highest BCUT2D eigenvalue weighted by atomic mass is 16.5. The molecule has 5 nitrogen and oxygen atoms in total. The number of hydrogen-bond donors (Lipinski definition) is 2. The first kappa shape index (κ1) is 16.2. The van der Waals surface area contributed by atoms with Crippen LogP contribution in [-0.2, 0) is 27.3 Å². The van der Waals surface area contributed by atoms with Crippen molar-refractivity contribution in [1.82, 2.24) is 5.32 Å². The van der Waals surface area contributed by atoms with Crippen LogP contribution in [0.5, 0.6) is 0 Å². The van der Waals surface area contributed by atoms with Crippen molar-refractivity contribution in [1.29, 1.82) is 0 Å². The molecule has 0 saturated carbocycles. The number of rotatable bonds is 9. The van der Waals surface area contributed by atoms with Gasteiger partial charge in [0.1, 0.15) is 0 Å². The van der Waals surface area contributed by atoms with Crippen LogP contribution in [-0.4, -0.2) is 30.2 Å². The van der Waals surface area contributed by atoms with Gasteiger partial charge in [-0.05, 0) is 17.5 Å². The molecular weight excluding hydrogens is 258 g/mol. The van der Waals surface area contributed by atoms with E-state index in [0.717, 1.165) is 17.5 Å². The van der Waals surface area contributed by atoms with Crippen molar-refractivity contribution in [3.63, 3.8) is 0 Å². The fourth-order valence-corrected chi connectivity index (χ4v) is 1.76. The minimum Gasteiger partial charge on any atom is -0.481 e. The molecule has 1 aromatic carbocycles. The summed E-state index contributed by atoms with van der Waals surface area (Å²) in [6.07, 6.45) is 1.22. The molecule has 0 aliphatic carbocycles. The molecule has 0 spiro atoms. The van der Waals surface area contributed by atoms with E-state index in [4.69, 9.17) is 9.84 Å². The van der Waals surface area contributed by atoms with E-state index >= 15 is 0 Å². The first-order valence-corrected chi connectivity index (χ1v) is 6.76. The zero-order chi connectivity index (χ0) is 14.8. The largest absolute Gasteiger partial charge is 0.481 e. The Morgan fingerprint density at radius 3 is 2.55 bits per heavy atom. The lowest BCUT2D eigenvalue weighted by atomic mass is 10.0. The summed E-state index contributed by atoms with van der Waals surface area (Å²) in [5.41, 5.74) is 1.56. The molecule has 2 N–H and O–H groups in total. The van der Waals surface area contributed by atoms with Crippen LogP contribution in [0.25, 0.3) is 0 Å². The Hall–Kier alpha value is -1.88. The number of ether oxygens (including phenoxy) is 1. The maximum absolute atomic E-state index is 11.6. The molecule has 0 unspecified atom stereocenters. The Morgan fingerprint density at radius 2 is 1.90 bits per heavy atom. The van der Waals surface area contributed by atoms with Gasteiger partial charge in [-0.1, -0.05) is 31.2 Å². The molecule has 0 saturated heterocycles. The van der Waals surface area contributed by atoms with Crippen LogP contribution in [0.2, 0.25) is 0 Å². The molecular formula is C15H21NO4. The summed E-state index contributed by atoms with van der Waals surface area (Å²) in [4.78, 5) is 22.4. The summed E-state index contributed by atoms with van der Waals surface area (Å²) in [6, 6.07) is 7.21. The fourth-order valence-electron chi connectivity index (χ4n) is 1.76. The topological polar surface area (TPSA) is 75.6 Å². The van der Waals surface area contributed by atoms with Crippen molar-refractivity contribution in [3.8, 4) is 0 Å². The van der Waals surface area contributed by atoms with E-state index in [2.05, 4.69) is 5.32 Å². The third-order valence-electron chi connectivity index (χ3n) is 2.76. The molecule has 0 bridgehead atoms. The average Bonchev–Trinajstić information content (AvgIpc) is 2.42. The number of hydrogen-bond acceptors (Lipinski definition) is 3. The van der Waals surface area contributed by atoms with Crippen molar-refractivity contribution in [2.24, 2.45) is 0 Å². The lowest BCUT2D eigenvalue weighted by Gasteiger charge is -2.09. The molecule has 0 radical (unpaired) electrons. The van der Waals surface area contributed by atoms with Gasteiger partial charge in [-0.3, -0.25) is 9.59 Å². The maximum Gasteiger partial charge on any atom is 0.307 e. The van der Waals surface area contributed by atoms with Crippen molar-refractivity contribution in [2.45, 2.75) is 32.7 Å². The third kappa shape index (κ3) is 6.33. The number of amides is 1. The molecule has 0 aromatic heterocycles. The number of carbonyl (C=O) groups is 2. The number of nitrogens with one attached hydrogen (secondary N) is 1. The van der Waals surface area contributed by atoms with Crippen molar-refractivity contribution in [3.05, 3.63) is 35.4 Å². The van der Waals surface area contributed by atoms with Crippen molar-refractivity contribution in [2.75, 3.05) is 13.2 Å². The lowest BCUT2D eigenvalue weighted by Crippen LogP contribution is -2.24. The molecule has 0 aliphatic rings. The molecule has 20 heavy (non-hydrogen) atoms.